The van der Waals surface area contributed by atoms with Crippen molar-refractivity contribution < 1.29 is 13.9 Å². The standard InChI is InChI=1S/C25H37FN6O2/c1-16(2)34-22-13-20(26)7-8-21(22)30-24-23(17(3)27-15-28-24)29-18(4)25(33)32-11-9-19(10-12-32)14-31(5)6/h7-8,13,15-16,19,21-22H,9-12,14H2,1-6H3,(H,27,28,30). The molecule has 0 saturated carbocycles. The molecule has 3 rings (SSSR count). The lowest BCUT2D eigenvalue weighted by molar-refractivity contribution is -0.125. The summed E-state index contributed by atoms with van der Waals surface area (Å²) in [5.74, 6) is 0.685. The Morgan fingerprint density at radius 1 is 1.32 bits per heavy atom. The molecule has 1 fully saturated rings. The average molecular weight is 473 g/mol. The van der Waals surface area contributed by atoms with Gasteiger partial charge in [0.2, 0.25) is 0 Å². The van der Waals surface area contributed by atoms with E-state index in [2.05, 4.69) is 39.3 Å². The van der Waals surface area contributed by atoms with Crippen molar-refractivity contribution >= 4 is 23.1 Å². The first-order valence-corrected chi connectivity index (χ1v) is 11.9. The number of aryl methyl sites for hydroxylation is 1. The second kappa shape index (κ2) is 11.7. The summed E-state index contributed by atoms with van der Waals surface area (Å²) in [6.07, 6.45) is 7.43. The molecule has 0 radical (unpaired) electrons. The Kier molecular flexibility index (Phi) is 8.90. The van der Waals surface area contributed by atoms with Gasteiger partial charge in [0, 0.05) is 19.6 Å². The van der Waals surface area contributed by atoms with Crippen molar-refractivity contribution in [1.29, 1.82) is 0 Å². The van der Waals surface area contributed by atoms with Crippen molar-refractivity contribution in [1.82, 2.24) is 19.8 Å². The highest BCUT2D eigenvalue weighted by molar-refractivity contribution is 6.38. The molecule has 2 atom stereocenters. The molecule has 1 aromatic heterocycles. The Labute approximate surface area is 202 Å². The zero-order valence-electron chi connectivity index (χ0n) is 21.1. The summed E-state index contributed by atoms with van der Waals surface area (Å²) in [6.45, 7) is 9.88. The highest BCUT2D eigenvalue weighted by Gasteiger charge is 2.27. The number of nitrogens with zero attached hydrogens (tertiary/aromatic N) is 5. The number of hydrogen-bond donors (Lipinski definition) is 1. The van der Waals surface area contributed by atoms with Crippen LogP contribution >= 0.6 is 0 Å². The molecule has 1 amide bonds. The van der Waals surface area contributed by atoms with Crippen LogP contribution in [0.3, 0.4) is 0 Å². The van der Waals surface area contributed by atoms with Gasteiger partial charge in [-0.3, -0.25) is 4.79 Å². The van der Waals surface area contributed by atoms with E-state index in [-0.39, 0.29) is 23.9 Å². The van der Waals surface area contributed by atoms with Crippen LogP contribution in [-0.2, 0) is 9.53 Å². The quantitative estimate of drug-likeness (QED) is 0.582. The van der Waals surface area contributed by atoms with Gasteiger partial charge >= 0.3 is 0 Å². The molecular weight excluding hydrogens is 435 g/mol. The Hall–Kier alpha value is -2.65. The molecule has 2 heterocycles. The van der Waals surface area contributed by atoms with Crippen molar-refractivity contribution in [3.05, 3.63) is 36.1 Å². The fourth-order valence-corrected chi connectivity index (χ4v) is 4.33. The van der Waals surface area contributed by atoms with Gasteiger partial charge in [-0.15, -0.1) is 0 Å². The number of allylic oxidation sites excluding steroid dienone is 2. The zero-order valence-corrected chi connectivity index (χ0v) is 21.1. The Morgan fingerprint density at radius 3 is 2.68 bits per heavy atom. The molecule has 0 spiro atoms. The van der Waals surface area contributed by atoms with E-state index in [4.69, 9.17) is 4.74 Å². The van der Waals surface area contributed by atoms with Crippen molar-refractivity contribution in [3.8, 4) is 0 Å². The van der Waals surface area contributed by atoms with E-state index in [0.717, 1.165) is 32.5 Å². The number of halogens is 1. The first-order chi connectivity index (χ1) is 16.1. The molecule has 2 unspecified atom stereocenters. The van der Waals surface area contributed by atoms with Crippen LogP contribution in [0.2, 0.25) is 0 Å². The lowest BCUT2D eigenvalue weighted by Gasteiger charge is -2.33. The van der Waals surface area contributed by atoms with E-state index in [9.17, 15) is 9.18 Å². The highest BCUT2D eigenvalue weighted by atomic mass is 19.1. The fourth-order valence-electron chi connectivity index (χ4n) is 4.33. The molecule has 1 N–H and O–H groups in total. The Bertz CT molecular complexity index is 951. The van der Waals surface area contributed by atoms with Gasteiger partial charge in [0.1, 0.15) is 29.7 Å². The van der Waals surface area contributed by atoms with Crippen LogP contribution in [0.15, 0.2) is 35.4 Å². The van der Waals surface area contributed by atoms with Gasteiger partial charge in [0.25, 0.3) is 5.91 Å². The van der Waals surface area contributed by atoms with Gasteiger partial charge in [0.15, 0.2) is 5.82 Å². The van der Waals surface area contributed by atoms with Crippen LogP contribution in [0.25, 0.3) is 0 Å². The van der Waals surface area contributed by atoms with E-state index < -0.39 is 6.10 Å². The molecule has 1 aromatic rings. The van der Waals surface area contributed by atoms with Gasteiger partial charge in [-0.1, -0.05) is 6.08 Å². The third-order valence-corrected chi connectivity index (χ3v) is 5.99. The largest absolute Gasteiger partial charge is 0.369 e. The molecule has 0 aromatic carbocycles. The summed E-state index contributed by atoms with van der Waals surface area (Å²) in [6, 6.07) is -0.336. The molecule has 2 aliphatic rings. The smallest absolute Gasteiger partial charge is 0.267 e. The van der Waals surface area contributed by atoms with Crippen LogP contribution < -0.4 is 5.32 Å². The van der Waals surface area contributed by atoms with Gasteiger partial charge in [-0.2, -0.15) is 0 Å². The van der Waals surface area contributed by atoms with Crippen LogP contribution in [0.4, 0.5) is 15.9 Å². The molecular formula is C25H37FN6O2. The van der Waals surface area contributed by atoms with E-state index in [1.54, 1.807) is 13.0 Å². The van der Waals surface area contributed by atoms with Gasteiger partial charge in [-0.25, -0.2) is 19.4 Å². The fraction of sp³-hybridized carbons (Fsp3) is 0.600. The Balaban J connectivity index is 1.75. The maximum Gasteiger partial charge on any atom is 0.267 e. The second-order valence-electron chi connectivity index (χ2n) is 9.58. The number of likely N-dealkylation sites (tertiary alicyclic amines) is 1. The molecule has 34 heavy (non-hydrogen) atoms. The number of hydrogen-bond acceptors (Lipinski definition) is 7. The minimum absolute atomic E-state index is 0.0684. The van der Waals surface area contributed by atoms with Crippen LogP contribution in [-0.4, -0.2) is 83.4 Å². The minimum atomic E-state index is -0.497. The minimum Gasteiger partial charge on any atom is -0.369 e. The third kappa shape index (κ3) is 6.93. The van der Waals surface area contributed by atoms with Gasteiger partial charge < -0.3 is 19.9 Å². The first kappa shape index (κ1) is 26.0. The number of aromatic nitrogens is 2. The van der Waals surface area contributed by atoms with Gasteiger partial charge in [-0.05, 0) is 72.7 Å². The number of carbonyl (C=O) groups is 1. The summed E-state index contributed by atoms with van der Waals surface area (Å²) in [5.41, 5.74) is 1.55. The molecule has 8 nitrogen and oxygen atoms in total. The van der Waals surface area contributed by atoms with Crippen molar-refractivity contribution in [2.45, 2.75) is 58.8 Å². The molecule has 186 valence electrons. The molecule has 1 aliphatic heterocycles. The number of carbonyl (C=O) groups excluding carboxylic acids is 1. The predicted octanol–water partition coefficient (Wildman–Crippen LogP) is 3.67. The predicted molar refractivity (Wildman–Crippen MR) is 133 cm³/mol. The summed E-state index contributed by atoms with van der Waals surface area (Å²) >= 11 is 0. The van der Waals surface area contributed by atoms with Crippen LogP contribution in [0, 0.1) is 12.8 Å². The maximum absolute atomic E-state index is 13.8. The number of rotatable bonds is 8. The first-order valence-electron chi connectivity index (χ1n) is 11.9. The van der Waals surface area contributed by atoms with Crippen LogP contribution in [0.5, 0.6) is 0 Å². The number of piperidine rings is 1. The summed E-state index contributed by atoms with van der Waals surface area (Å²) in [5, 5.41) is 3.30. The normalized spacial score (nSPS) is 21.9. The van der Waals surface area contributed by atoms with E-state index in [1.807, 2.05) is 25.7 Å². The number of amides is 1. The second-order valence-corrected chi connectivity index (χ2v) is 9.58. The number of anilines is 1. The van der Waals surface area contributed by atoms with E-state index >= 15 is 0 Å². The average Bonchev–Trinajstić information content (AvgIpc) is 2.77. The zero-order chi connectivity index (χ0) is 24.8. The molecule has 1 saturated heterocycles. The lowest BCUT2D eigenvalue weighted by atomic mass is 9.96. The van der Waals surface area contributed by atoms with Crippen molar-refractivity contribution in [3.63, 3.8) is 0 Å². The SMILES string of the molecule is CC(=Nc1c(C)ncnc1NC1C=CC(F)=CC1OC(C)C)C(=O)N1CCC(CN(C)C)CC1. The van der Waals surface area contributed by atoms with E-state index in [0.29, 0.717) is 28.8 Å². The van der Waals surface area contributed by atoms with Crippen molar-refractivity contribution in [2.24, 2.45) is 10.9 Å². The third-order valence-electron chi connectivity index (χ3n) is 5.99. The number of aliphatic imine (C=N–C) groups is 1. The number of nitrogens with one attached hydrogen (secondary N) is 1. The molecule has 9 heteroatoms. The molecule has 0 bridgehead atoms. The van der Waals surface area contributed by atoms with E-state index in [1.165, 1.54) is 18.5 Å². The topological polar surface area (TPSA) is 82.9 Å². The summed E-state index contributed by atoms with van der Waals surface area (Å²) in [4.78, 5) is 30.4. The number of ether oxygens (including phenoxy) is 1. The molecule has 1 aliphatic carbocycles. The van der Waals surface area contributed by atoms with Crippen LogP contribution in [0.1, 0.15) is 39.3 Å². The monoisotopic (exact) mass is 472 g/mol. The van der Waals surface area contributed by atoms with Crippen molar-refractivity contribution in [2.75, 3.05) is 39.0 Å². The van der Waals surface area contributed by atoms with Gasteiger partial charge in [0.05, 0.1) is 17.8 Å². The summed E-state index contributed by atoms with van der Waals surface area (Å²) in [7, 11) is 4.16. The maximum atomic E-state index is 13.8. The Morgan fingerprint density at radius 2 is 2.03 bits per heavy atom. The summed E-state index contributed by atoms with van der Waals surface area (Å²) < 4.78 is 19.7. The highest BCUT2D eigenvalue weighted by Crippen LogP contribution is 2.29. The lowest BCUT2D eigenvalue weighted by Crippen LogP contribution is -2.43.